The highest BCUT2D eigenvalue weighted by Gasteiger charge is 2.24. The van der Waals surface area contributed by atoms with Gasteiger partial charge in [-0.2, -0.15) is 12.8 Å². The van der Waals surface area contributed by atoms with Crippen LogP contribution in [0.3, 0.4) is 0 Å². The fourth-order valence-corrected chi connectivity index (χ4v) is 2.65. The van der Waals surface area contributed by atoms with E-state index in [4.69, 9.17) is 5.73 Å². The summed E-state index contributed by atoms with van der Waals surface area (Å²) in [7, 11) is -4.47. The quantitative estimate of drug-likeness (QED) is 0.806. The van der Waals surface area contributed by atoms with E-state index < -0.39 is 32.9 Å². The molecule has 11 heteroatoms. The van der Waals surface area contributed by atoms with Gasteiger partial charge in [0.15, 0.2) is 11.6 Å². The maximum atomic E-state index is 13.9. The number of nitrogens with two attached hydrogens (primary N) is 1. The molecule has 0 aliphatic carbocycles. The number of rotatable bonds is 4. The molecule has 0 spiro atoms. The standard InChI is InChI=1S/C12H10F2N4O4S/c1-6-8(22-12(15)19)5-7(13)11(16-6)23(20,21)18-10-4-2-3-9(14)17-10/h2-5H,1H3,(H2,15,19)(H,17,18). The Morgan fingerprint density at radius 1 is 1.30 bits per heavy atom. The smallest absolute Gasteiger partial charge is 0.408 e. The van der Waals surface area contributed by atoms with Crippen LogP contribution in [-0.4, -0.2) is 24.5 Å². The predicted octanol–water partition coefficient (Wildman–Crippen LogP) is 1.32. The van der Waals surface area contributed by atoms with Gasteiger partial charge in [-0.25, -0.2) is 19.2 Å². The maximum absolute atomic E-state index is 13.9. The molecule has 0 saturated carbocycles. The molecule has 0 aliphatic heterocycles. The molecule has 0 aliphatic rings. The van der Waals surface area contributed by atoms with Crippen molar-refractivity contribution in [2.24, 2.45) is 5.73 Å². The number of amides is 1. The molecule has 0 radical (unpaired) electrons. The van der Waals surface area contributed by atoms with Gasteiger partial charge in [-0.3, -0.25) is 4.72 Å². The fourth-order valence-electron chi connectivity index (χ4n) is 1.59. The first-order valence-corrected chi connectivity index (χ1v) is 7.47. The maximum Gasteiger partial charge on any atom is 0.410 e. The van der Waals surface area contributed by atoms with E-state index in [0.29, 0.717) is 6.07 Å². The molecule has 2 aromatic rings. The Morgan fingerprint density at radius 3 is 2.61 bits per heavy atom. The topological polar surface area (TPSA) is 124 Å². The van der Waals surface area contributed by atoms with Gasteiger partial charge in [0.05, 0.1) is 5.69 Å². The van der Waals surface area contributed by atoms with Gasteiger partial charge in [0.1, 0.15) is 5.82 Å². The zero-order valence-corrected chi connectivity index (χ0v) is 12.4. The van der Waals surface area contributed by atoms with E-state index in [0.717, 1.165) is 6.07 Å². The third-order valence-corrected chi connectivity index (χ3v) is 3.78. The van der Waals surface area contributed by atoms with Crippen molar-refractivity contribution in [2.45, 2.75) is 11.9 Å². The van der Waals surface area contributed by atoms with Crippen molar-refractivity contribution in [1.82, 2.24) is 9.97 Å². The van der Waals surface area contributed by atoms with E-state index >= 15 is 0 Å². The summed E-state index contributed by atoms with van der Waals surface area (Å²) in [6.45, 7) is 1.29. The molecule has 2 aromatic heterocycles. The summed E-state index contributed by atoms with van der Waals surface area (Å²) in [4.78, 5) is 17.5. The summed E-state index contributed by atoms with van der Waals surface area (Å²) in [6.07, 6.45) is -1.20. The lowest BCUT2D eigenvalue weighted by molar-refractivity contribution is 0.210. The first kappa shape index (κ1) is 16.5. The zero-order chi connectivity index (χ0) is 17.2. The molecule has 1 amide bonds. The van der Waals surface area contributed by atoms with Crippen molar-refractivity contribution in [3.63, 3.8) is 0 Å². The summed E-state index contributed by atoms with van der Waals surface area (Å²) in [6, 6.07) is 4.06. The van der Waals surface area contributed by atoms with Gasteiger partial charge in [-0.05, 0) is 19.1 Å². The number of carbonyl (C=O) groups is 1. The number of primary amides is 1. The average molecular weight is 344 g/mol. The van der Waals surface area contributed by atoms with Crippen LogP contribution in [0, 0.1) is 18.7 Å². The molecule has 0 atom stereocenters. The lowest BCUT2D eigenvalue weighted by Gasteiger charge is -2.10. The highest BCUT2D eigenvalue weighted by atomic mass is 32.2. The number of hydrogen-bond donors (Lipinski definition) is 2. The van der Waals surface area contributed by atoms with Crippen LogP contribution >= 0.6 is 0 Å². The Balaban J connectivity index is 2.40. The summed E-state index contributed by atoms with van der Waals surface area (Å²) >= 11 is 0. The summed E-state index contributed by atoms with van der Waals surface area (Å²) < 4.78 is 57.5. The van der Waals surface area contributed by atoms with Crippen LogP contribution < -0.4 is 15.2 Å². The number of pyridine rings is 2. The molecule has 0 bridgehead atoms. The molecule has 2 heterocycles. The first-order chi connectivity index (χ1) is 10.7. The second-order valence-electron chi connectivity index (χ2n) is 4.23. The van der Waals surface area contributed by atoms with Crippen molar-refractivity contribution in [1.29, 1.82) is 0 Å². The van der Waals surface area contributed by atoms with Gasteiger partial charge in [0.2, 0.25) is 11.0 Å². The lowest BCUT2D eigenvalue weighted by Crippen LogP contribution is -2.20. The Morgan fingerprint density at radius 2 is 2.00 bits per heavy atom. The summed E-state index contributed by atoms with van der Waals surface area (Å²) in [5.41, 5.74) is 4.71. The Hall–Kier alpha value is -2.82. The van der Waals surface area contributed by atoms with Gasteiger partial charge in [0, 0.05) is 6.07 Å². The Bertz CT molecular complexity index is 873. The molecule has 8 nitrogen and oxygen atoms in total. The van der Waals surface area contributed by atoms with Gasteiger partial charge >= 0.3 is 6.09 Å². The number of aromatic nitrogens is 2. The van der Waals surface area contributed by atoms with Crippen molar-refractivity contribution >= 4 is 21.9 Å². The van der Waals surface area contributed by atoms with Crippen LogP contribution in [0.2, 0.25) is 0 Å². The number of anilines is 1. The number of nitrogens with zero attached hydrogens (tertiary/aromatic N) is 2. The number of aryl methyl sites for hydroxylation is 1. The molecular weight excluding hydrogens is 334 g/mol. The second kappa shape index (κ2) is 6.12. The van der Waals surface area contributed by atoms with Crippen LogP contribution in [0.15, 0.2) is 29.3 Å². The number of hydrogen-bond acceptors (Lipinski definition) is 6. The highest BCUT2D eigenvalue weighted by molar-refractivity contribution is 7.92. The Labute approximate surface area is 129 Å². The molecule has 0 aromatic carbocycles. The number of ether oxygens (including phenoxy) is 1. The van der Waals surface area contributed by atoms with Crippen LogP contribution in [-0.2, 0) is 10.0 Å². The minimum atomic E-state index is -4.47. The van der Waals surface area contributed by atoms with Gasteiger partial charge in [0.25, 0.3) is 10.0 Å². The minimum Gasteiger partial charge on any atom is -0.408 e. The predicted molar refractivity (Wildman–Crippen MR) is 74.1 cm³/mol. The number of carbonyl (C=O) groups excluding carboxylic acids is 1. The minimum absolute atomic E-state index is 0.0854. The van der Waals surface area contributed by atoms with Gasteiger partial charge < -0.3 is 10.5 Å². The summed E-state index contributed by atoms with van der Waals surface area (Å²) in [5.74, 6) is -2.87. The normalized spacial score (nSPS) is 11.1. The second-order valence-corrected chi connectivity index (χ2v) is 5.83. The van der Waals surface area contributed by atoms with E-state index in [1.165, 1.54) is 19.1 Å². The molecule has 0 unspecified atom stereocenters. The SMILES string of the molecule is Cc1nc(S(=O)(=O)Nc2cccc(F)n2)c(F)cc1OC(N)=O. The summed E-state index contributed by atoms with van der Waals surface area (Å²) in [5, 5.41) is -0.960. The lowest BCUT2D eigenvalue weighted by atomic mass is 10.3. The number of nitrogens with one attached hydrogen (secondary N) is 1. The van der Waals surface area contributed by atoms with Crippen LogP contribution in [0.4, 0.5) is 19.4 Å². The van der Waals surface area contributed by atoms with Gasteiger partial charge in [-0.1, -0.05) is 6.07 Å². The van der Waals surface area contributed by atoms with Crippen molar-refractivity contribution in [3.05, 3.63) is 41.7 Å². The van der Waals surface area contributed by atoms with Crippen LogP contribution in [0.5, 0.6) is 5.75 Å². The van der Waals surface area contributed by atoms with Crippen molar-refractivity contribution < 1.29 is 26.7 Å². The third kappa shape index (κ3) is 3.88. The molecular formula is C12H10F2N4O4S. The molecule has 122 valence electrons. The van der Waals surface area contributed by atoms with E-state index in [-0.39, 0.29) is 17.3 Å². The average Bonchev–Trinajstić information content (AvgIpc) is 2.41. The molecule has 0 fully saturated rings. The number of halogens is 2. The van der Waals surface area contributed by atoms with E-state index in [1.807, 2.05) is 4.72 Å². The van der Waals surface area contributed by atoms with E-state index in [2.05, 4.69) is 14.7 Å². The third-order valence-electron chi connectivity index (χ3n) is 2.51. The molecule has 2 rings (SSSR count). The van der Waals surface area contributed by atoms with Gasteiger partial charge in [-0.15, -0.1) is 0 Å². The molecule has 23 heavy (non-hydrogen) atoms. The largest absolute Gasteiger partial charge is 0.410 e. The Kier molecular flexibility index (Phi) is 4.40. The van der Waals surface area contributed by atoms with Crippen LogP contribution in [0.1, 0.15) is 5.69 Å². The van der Waals surface area contributed by atoms with Crippen molar-refractivity contribution in [3.8, 4) is 5.75 Å². The number of sulfonamides is 1. The zero-order valence-electron chi connectivity index (χ0n) is 11.6. The fraction of sp³-hybridized carbons (Fsp3) is 0.0833. The monoisotopic (exact) mass is 344 g/mol. The molecule has 0 saturated heterocycles. The highest BCUT2D eigenvalue weighted by Crippen LogP contribution is 2.23. The van der Waals surface area contributed by atoms with Crippen LogP contribution in [0.25, 0.3) is 0 Å². The van der Waals surface area contributed by atoms with E-state index in [9.17, 15) is 22.0 Å². The first-order valence-electron chi connectivity index (χ1n) is 5.99. The molecule has 3 N–H and O–H groups in total. The van der Waals surface area contributed by atoms with Crippen molar-refractivity contribution in [2.75, 3.05) is 4.72 Å². The van der Waals surface area contributed by atoms with E-state index in [1.54, 1.807) is 0 Å².